The lowest BCUT2D eigenvalue weighted by atomic mass is 10.2. The lowest BCUT2D eigenvalue weighted by molar-refractivity contribution is -0.116. The minimum absolute atomic E-state index is 0.00536. The highest BCUT2D eigenvalue weighted by Crippen LogP contribution is 2.22. The number of hydrogen-bond acceptors (Lipinski definition) is 3. The van der Waals surface area contributed by atoms with Crippen LogP contribution in [0.2, 0.25) is 5.02 Å². The van der Waals surface area contributed by atoms with Crippen LogP contribution in [0.3, 0.4) is 0 Å². The Bertz CT molecular complexity index is 398. The molecule has 1 aromatic rings. The van der Waals surface area contributed by atoms with E-state index < -0.39 is 5.91 Å². The number of nitriles is 1. The van der Waals surface area contributed by atoms with Crippen molar-refractivity contribution in [1.82, 2.24) is 0 Å². The Labute approximate surface area is 86.3 Å². The molecule has 0 bridgehead atoms. The van der Waals surface area contributed by atoms with Crippen LogP contribution in [0, 0.1) is 11.3 Å². The van der Waals surface area contributed by atoms with Crippen LogP contribution in [-0.4, -0.2) is 12.5 Å². The number of nitrogens with zero attached hydrogens (tertiary/aromatic N) is 1. The van der Waals surface area contributed by atoms with Gasteiger partial charge in [0.1, 0.15) is 0 Å². The molecular weight excluding hydrogens is 202 g/mol. The summed E-state index contributed by atoms with van der Waals surface area (Å²) in [4.78, 5) is 10.5. The summed E-state index contributed by atoms with van der Waals surface area (Å²) in [6.45, 7) is -0.00536. The molecule has 0 aliphatic heterocycles. The molecule has 72 valence electrons. The van der Waals surface area contributed by atoms with Crippen molar-refractivity contribution in [2.45, 2.75) is 0 Å². The van der Waals surface area contributed by atoms with E-state index in [1.165, 1.54) is 0 Å². The van der Waals surface area contributed by atoms with Gasteiger partial charge in [0.2, 0.25) is 5.91 Å². The molecule has 0 heterocycles. The van der Waals surface area contributed by atoms with Crippen LogP contribution in [0.1, 0.15) is 5.56 Å². The molecule has 0 aromatic heterocycles. The van der Waals surface area contributed by atoms with Gasteiger partial charge in [-0.25, -0.2) is 0 Å². The van der Waals surface area contributed by atoms with Crippen molar-refractivity contribution in [1.29, 1.82) is 5.26 Å². The van der Waals surface area contributed by atoms with Crippen LogP contribution >= 0.6 is 11.6 Å². The molecule has 5 heteroatoms. The summed E-state index contributed by atoms with van der Waals surface area (Å²) in [6.07, 6.45) is 0. The van der Waals surface area contributed by atoms with Crippen LogP contribution < -0.4 is 11.1 Å². The molecule has 1 aromatic carbocycles. The van der Waals surface area contributed by atoms with Crippen molar-refractivity contribution >= 4 is 23.2 Å². The predicted octanol–water partition coefficient (Wildman–Crippen LogP) is 1.11. The zero-order chi connectivity index (χ0) is 10.6. The first kappa shape index (κ1) is 10.4. The number of carbonyl (C=O) groups excluding carboxylic acids is 1. The summed E-state index contributed by atoms with van der Waals surface area (Å²) < 4.78 is 0. The van der Waals surface area contributed by atoms with Gasteiger partial charge >= 0.3 is 0 Å². The summed E-state index contributed by atoms with van der Waals surface area (Å²) in [7, 11) is 0. The molecule has 1 rings (SSSR count). The number of carbonyl (C=O) groups is 1. The molecule has 0 aliphatic carbocycles. The quantitative estimate of drug-likeness (QED) is 0.783. The van der Waals surface area contributed by atoms with Crippen molar-refractivity contribution in [2.75, 3.05) is 11.9 Å². The van der Waals surface area contributed by atoms with Gasteiger partial charge in [-0.2, -0.15) is 5.26 Å². The van der Waals surface area contributed by atoms with E-state index in [9.17, 15) is 4.79 Å². The Morgan fingerprint density at radius 1 is 1.64 bits per heavy atom. The predicted molar refractivity (Wildman–Crippen MR) is 53.9 cm³/mol. The summed E-state index contributed by atoms with van der Waals surface area (Å²) in [5.74, 6) is -0.483. The van der Waals surface area contributed by atoms with Gasteiger partial charge in [0.25, 0.3) is 0 Å². The highest BCUT2D eigenvalue weighted by Gasteiger charge is 2.02. The molecule has 0 aliphatic rings. The maximum Gasteiger partial charge on any atom is 0.236 e. The summed E-state index contributed by atoms with van der Waals surface area (Å²) in [5.41, 5.74) is 5.96. The van der Waals surface area contributed by atoms with Crippen molar-refractivity contribution in [3.63, 3.8) is 0 Å². The molecule has 0 radical (unpaired) electrons. The van der Waals surface area contributed by atoms with Gasteiger partial charge in [0.05, 0.1) is 28.9 Å². The van der Waals surface area contributed by atoms with E-state index in [2.05, 4.69) is 5.32 Å². The number of rotatable bonds is 3. The van der Waals surface area contributed by atoms with E-state index in [-0.39, 0.29) is 6.54 Å². The number of hydrogen-bond donors (Lipinski definition) is 2. The molecule has 4 nitrogen and oxygen atoms in total. The van der Waals surface area contributed by atoms with E-state index in [4.69, 9.17) is 22.6 Å². The van der Waals surface area contributed by atoms with Gasteiger partial charge in [0.15, 0.2) is 0 Å². The van der Waals surface area contributed by atoms with Crippen LogP contribution in [0.25, 0.3) is 0 Å². The first-order valence-electron chi connectivity index (χ1n) is 3.85. The summed E-state index contributed by atoms with van der Waals surface area (Å²) in [6, 6.07) is 6.71. The fourth-order valence-corrected chi connectivity index (χ4v) is 1.10. The second kappa shape index (κ2) is 4.49. The minimum atomic E-state index is -0.483. The number of benzene rings is 1. The third-order valence-electron chi connectivity index (χ3n) is 1.55. The molecule has 0 saturated heterocycles. The van der Waals surface area contributed by atoms with E-state index >= 15 is 0 Å². The van der Waals surface area contributed by atoms with E-state index in [0.717, 1.165) is 0 Å². The lowest BCUT2D eigenvalue weighted by Crippen LogP contribution is -2.21. The van der Waals surface area contributed by atoms with Crippen molar-refractivity contribution in [3.8, 4) is 6.07 Å². The van der Waals surface area contributed by atoms with E-state index in [1.807, 2.05) is 6.07 Å². The average molecular weight is 210 g/mol. The topological polar surface area (TPSA) is 78.9 Å². The fourth-order valence-electron chi connectivity index (χ4n) is 0.913. The van der Waals surface area contributed by atoms with Gasteiger partial charge in [0, 0.05) is 0 Å². The number of amides is 1. The Balaban J connectivity index is 2.85. The van der Waals surface area contributed by atoms with Crippen LogP contribution in [-0.2, 0) is 4.79 Å². The highest BCUT2D eigenvalue weighted by atomic mass is 35.5. The second-order valence-corrected chi connectivity index (χ2v) is 3.03. The van der Waals surface area contributed by atoms with Crippen molar-refractivity contribution < 1.29 is 4.79 Å². The van der Waals surface area contributed by atoms with Crippen LogP contribution in [0.5, 0.6) is 0 Å². The van der Waals surface area contributed by atoms with Crippen LogP contribution in [0.4, 0.5) is 5.69 Å². The smallest absolute Gasteiger partial charge is 0.236 e. The molecular formula is C9H8ClN3O. The molecule has 0 saturated carbocycles. The standard InChI is InChI=1S/C9H8ClN3O/c10-7-2-1-6(4-11)3-8(7)13-5-9(12)14/h1-3,13H,5H2,(H2,12,14). The zero-order valence-corrected chi connectivity index (χ0v) is 8.01. The van der Waals surface area contributed by atoms with E-state index in [0.29, 0.717) is 16.3 Å². The average Bonchev–Trinajstić information content (AvgIpc) is 2.16. The number of nitrogens with one attached hydrogen (secondary N) is 1. The Morgan fingerprint density at radius 2 is 2.36 bits per heavy atom. The molecule has 0 spiro atoms. The maximum absolute atomic E-state index is 10.5. The van der Waals surface area contributed by atoms with Crippen LogP contribution in [0.15, 0.2) is 18.2 Å². The number of anilines is 1. The monoisotopic (exact) mass is 209 g/mol. The van der Waals surface area contributed by atoms with E-state index in [1.54, 1.807) is 18.2 Å². The molecule has 14 heavy (non-hydrogen) atoms. The summed E-state index contributed by atoms with van der Waals surface area (Å²) >= 11 is 5.81. The fraction of sp³-hybridized carbons (Fsp3) is 0.111. The minimum Gasteiger partial charge on any atom is -0.375 e. The molecule has 1 amide bonds. The Kier molecular flexibility index (Phi) is 3.32. The third-order valence-corrected chi connectivity index (χ3v) is 1.88. The number of nitrogens with two attached hydrogens (primary N) is 1. The van der Waals surface area contributed by atoms with Gasteiger partial charge in [-0.1, -0.05) is 11.6 Å². The molecule has 3 N–H and O–H groups in total. The SMILES string of the molecule is N#Cc1ccc(Cl)c(NCC(N)=O)c1. The lowest BCUT2D eigenvalue weighted by Gasteiger charge is -2.05. The van der Waals surface area contributed by atoms with Crippen molar-refractivity contribution in [3.05, 3.63) is 28.8 Å². The molecule has 0 fully saturated rings. The largest absolute Gasteiger partial charge is 0.375 e. The molecule has 0 unspecified atom stereocenters. The number of primary amides is 1. The first-order valence-corrected chi connectivity index (χ1v) is 4.23. The first-order chi connectivity index (χ1) is 6.63. The van der Waals surface area contributed by atoms with Gasteiger partial charge in [-0.15, -0.1) is 0 Å². The summed E-state index contributed by atoms with van der Waals surface area (Å²) in [5, 5.41) is 11.8. The number of halogens is 1. The molecule has 0 atom stereocenters. The maximum atomic E-state index is 10.5. The Hall–Kier alpha value is -1.73. The Morgan fingerprint density at radius 3 is 2.93 bits per heavy atom. The van der Waals surface area contributed by atoms with Gasteiger partial charge in [-0.05, 0) is 18.2 Å². The normalized spacial score (nSPS) is 9.14. The van der Waals surface area contributed by atoms with Gasteiger partial charge < -0.3 is 11.1 Å². The zero-order valence-electron chi connectivity index (χ0n) is 7.25. The highest BCUT2D eigenvalue weighted by molar-refractivity contribution is 6.33. The second-order valence-electron chi connectivity index (χ2n) is 2.63. The third kappa shape index (κ3) is 2.64. The van der Waals surface area contributed by atoms with Crippen molar-refractivity contribution in [2.24, 2.45) is 5.73 Å². The van der Waals surface area contributed by atoms with Gasteiger partial charge in [-0.3, -0.25) is 4.79 Å².